The minimum absolute atomic E-state index is 0.109. The number of carbonyl (C=O) groups is 2. The standard InChI is InChI=1S/C16H20O5/c1-4-5-10-21-15(18)11(2)14(17)12-8-6-7-9-13(12)16(19)20-3/h6-9,14,17H,2,4-5,10H2,1,3H3. The number of esters is 2. The predicted octanol–water partition coefficient (Wildman–Crippen LogP) is 2.41. The molecule has 1 N–H and O–H groups in total. The average molecular weight is 292 g/mol. The number of benzene rings is 1. The van der Waals surface area contributed by atoms with Gasteiger partial charge in [-0.2, -0.15) is 0 Å². The van der Waals surface area contributed by atoms with Crippen LogP contribution >= 0.6 is 0 Å². The Bertz CT molecular complexity index is 521. The molecule has 0 amide bonds. The van der Waals surface area contributed by atoms with Crippen LogP contribution in [0.25, 0.3) is 0 Å². The van der Waals surface area contributed by atoms with E-state index in [4.69, 9.17) is 4.74 Å². The minimum atomic E-state index is -1.31. The van der Waals surface area contributed by atoms with E-state index in [0.29, 0.717) is 0 Å². The summed E-state index contributed by atoms with van der Waals surface area (Å²) in [5.74, 6) is -1.26. The molecule has 1 atom stereocenters. The molecule has 0 aliphatic rings. The van der Waals surface area contributed by atoms with Crippen LogP contribution < -0.4 is 0 Å². The Hall–Kier alpha value is -2.14. The smallest absolute Gasteiger partial charge is 0.338 e. The lowest BCUT2D eigenvalue weighted by molar-refractivity contribution is -0.140. The molecule has 21 heavy (non-hydrogen) atoms. The number of aliphatic hydroxyl groups is 1. The molecule has 5 heteroatoms. The first kappa shape index (κ1) is 16.9. The van der Waals surface area contributed by atoms with Crippen molar-refractivity contribution < 1.29 is 24.2 Å². The fourth-order valence-corrected chi connectivity index (χ4v) is 1.73. The molecule has 1 unspecified atom stereocenters. The Morgan fingerprint density at radius 3 is 2.62 bits per heavy atom. The molecule has 0 radical (unpaired) electrons. The number of aliphatic hydroxyl groups excluding tert-OH is 1. The molecule has 0 bridgehead atoms. The minimum Gasteiger partial charge on any atom is -0.465 e. The maximum absolute atomic E-state index is 11.8. The molecule has 0 saturated heterocycles. The highest BCUT2D eigenvalue weighted by molar-refractivity contribution is 5.93. The topological polar surface area (TPSA) is 72.8 Å². The van der Waals surface area contributed by atoms with Gasteiger partial charge in [0, 0.05) is 0 Å². The van der Waals surface area contributed by atoms with Crippen LogP contribution in [0.1, 0.15) is 41.8 Å². The normalized spacial score (nSPS) is 11.6. The number of rotatable bonds is 7. The molecule has 114 valence electrons. The largest absolute Gasteiger partial charge is 0.465 e. The molecular formula is C16H20O5. The van der Waals surface area contributed by atoms with Crippen LogP contribution in [0.15, 0.2) is 36.4 Å². The molecule has 0 aromatic heterocycles. The molecule has 1 aromatic rings. The lowest BCUT2D eigenvalue weighted by Crippen LogP contribution is -2.17. The van der Waals surface area contributed by atoms with Gasteiger partial charge in [-0.15, -0.1) is 0 Å². The third kappa shape index (κ3) is 4.43. The Labute approximate surface area is 124 Å². The maximum atomic E-state index is 11.8. The molecule has 0 saturated carbocycles. The summed E-state index contributed by atoms with van der Waals surface area (Å²) < 4.78 is 9.65. The molecule has 5 nitrogen and oxygen atoms in total. The van der Waals surface area contributed by atoms with Gasteiger partial charge in [-0.05, 0) is 18.1 Å². The molecular weight excluding hydrogens is 272 g/mol. The van der Waals surface area contributed by atoms with E-state index in [1.807, 2.05) is 6.92 Å². The fourth-order valence-electron chi connectivity index (χ4n) is 1.73. The molecule has 1 rings (SSSR count). The quantitative estimate of drug-likeness (QED) is 0.474. The van der Waals surface area contributed by atoms with Crippen molar-refractivity contribution in [2.45, 2.75) is 25.9 Å². The number of hydrogen-bond acceptors (Lipinski definition) is 5. The monoisotopic (exact) mass is 292 g/mol. The van der Waals surface area contributed by atoms with E-state index in [0.717, 1.165) is 12.8 Å². The lowest BCUT2D eigenvalue weighted by Gasteiger charge is -2.16. The lowest BCUT2D eigenvalue weighted by atomic mass is 9.97. The van der Waals surface area contributed by atoms with Crippen LogP contribution in [-0.2, 0) is 14.3 Å². The molecule has 0 heterocycles. The molecule has 0 spiro atoms. The first-order valence-electron chi connectivity index (χ1n) is 6.74. The second kappa shape index (κ2) is 8.21. The maximum Gasteiger partial charge on any atom is 0.338 e. The Kier molecular flexibility index (Phi) is 6.62. The van der Waals surface area contributed by atoms with E-state index in [9.17, 15) is 14.7 Å². The van der Waals surface area contributed by atoms with Crippen molar-refractivity contribution in [3.8, 4) is 0 Å². The van der Waals surface area contributed by atoms with Crippen molar-refractivity contribution in [2.75, 3.05) is 13.7 Å². The van der Waals surface area contributed by atoms with Crippen molar-refractivity contribution in [3.05, 3.63) is 47.5 Å². The summed E-state index contributed by atoms with van der Waals surface area (Å²) in [7, 11) is 1.25. The van der Waals surface area contributed by atoms with E-state index in [1.165, 1.54) is 13.2 Å². The molecule has 1 aromatic carbocycles. The van der Waals surface area contributed by atoms with E-state index < -0.39 is 18.0 Å². The molecule has 0 fully saturated rings. The van der Waals surface area contributed by atoms with Gasteiger partial charge in [0.2, 0.25) is 0 Å². The number of carbonyl (C=O) groups excluding carboxylic acids is 2. The Morgan fingerprint density at radius 1 is 1.33 bits per heavy atom. The summed E-state index contributed by atoms with van der Waals surface area (Å²) in [6, 6.07) is 6.35. The van der Waals surface area contributed by atoms with Gasteiger partial charge in [0.1, 0.15) is 6.10 Å². The van der Waals surface area contributed by atoms with Gasteiger partial charge in [-0.25, -0.2) is 9.59 Å². The van der Waals surface area contributed by atoms with Crippen LogP contribution in [0.4, 0.5) is 0 Å². The third-order valence-electron chi connectivity index (χ3n) is 2.98. The van der Waals surface area contributed by atoms with Gasteiger partial charge >= 0.3 is 11.9 Å². The van der Waals surface area contributed by atoms with Crippen molar-refractivity contribution in [1.29, 1.82) is 0 Å². The van der Waals surface area contributed by atoms with E-state index >= 15 is 0 Å². The fraction of sp³-hybridized carbons (Fsp3) is 0.375. The summed E-state index contributed by atoms with van der Waals surface area (Å²) in [5.41, 5.74) is 0.347. The number of ether oxygens (including phenoxy) is 2. The average Bonchev–Trinajstić information content (AvgIpc) is 2.52. The zero-order chi connectivity index (χ0) is 15.8. The summed E-state index contributed by atoms with van der Waals surface area (Å²) in [6.45, 7) is 5.81. The van der Waals surface area contributed by atoms with Gasteiger partial charge in [-0.1, -0.05) is 38.1 Å². The zero-order valence-electron chi connectivity index (χ0n) is 12.3. The van der Waals surface area contributed by atoms with Gasteiger partial charge < -0.3 is 14.6 Å². The van der Waals surface area contributed by atoms with E-state index in [1.54, 1.807) is 18.2 Å². The number of unbranched alkanes of at least 4 members (excludes halogenated alkanes) is 1. The number of hydrogen-bond donors (Lipinski definition) is 1. The zero-order valence-corrected chi connectivity index (χ0v) is 12.3. The van der Waals surface area contributed by atoms with Gasteiger partial charge in [0.25, 0.3) is 0 Å². The van der Waals surface area contributed by atoms with E-state index in [2.05, 4.69) is 11.3 Å². The Balaban J connectivity index is 2.88. The van der Waals surface area contributed by atoms with Crippen molar-refractivity contribution in [2.24, 2.45) is 0 Å². The van der Waals surface area contributed by atoms with Crippen LogP contribution in [-0.4, -0.2) is 30.8 Å². The highest BCUT2D eigenvalue weighted by Gasteiger charge is 2.24. The molecule has 0 aliphatic heterocycles. The SMILES string of the molecule is C=C(C(=O)OCCCC)C(O)c1ccccc1C(=O)OC. The predicted molar refractivity (Wildman–Crippen MR) is 77.7 cm³/mol. The molecule has 0 aliphatic carbocycles. The van der Waals surface area contributed by atoms with E-state index in [-0.39, 0.29) is 23.3 Å². The van der Waals surface area contributed by atoms with Gasteiger partial charge in [0.05, 0.1) is 24.9 Å². The van der Waals surface area contributed by atoms with Crippen molar-refractivity contribution >= 4 is 11.9 Å². The summed E-state index contributed by atoms with van der Waals surface area (Å²) in [4.78, 5) is 23.4. The number of methoxy groups -OCH3 is 1. The Morgan fingerprint density at radius 2 is 2.00 bits per heavy atom. The van der Waals surface area contributed by atoms with Gasteiger partial charge in [0.15, 0.2) is 0 Å². The van der Waals surface area contributed by atoms with Crippen LogP contribution in [0.3, 0.4) is 0 Å². The first-order chi connectivity index (χ1) is 10.0. The van der Waals surface area contributed by atoms with Crippen LogP contribution in [0, 0.1) is 0 Å². The summed E-state index contributed by atoms with van der Waals surface area (Å²) in [5, 5.41) is 10.2. The second-order valence-corrected chi connectivity index (χ2v) is 4.50. The highest BCUT2D eigenvalue weighted by Crippen LogP contribution is 2.25. The third-order valence-corrected chi connectivity index (χ3v) is 2.98. The summed E-state index contributed by atoms with van der Waals surface area (Å²) in [6.07, 6.45) is 0.330. The highest BCUT2D eigenvalue weighted by atomic mass is 16.5. The van der Waals surface area contributed by atoms with Crippen LogP contribution in [0.5, 0.6) is 0 Å². The van der Waals surface area contributed by atoms with Crippen molar-refractivity contribution in [1.82, 2.24) is 0 Å². The van der Waals surface area contributed by atoms with Gasteiger partial charge in [-0.3, -0.25) is 0 Å². The first-order valence-corrected chi connectivity index (χ1v) is 6.74. The summed E-state index contributed by atoms with van der Waals surface area (Å²) >= 11 is 0. The second-order valence-electron chi connectivity index (χ2n) is 4.50. The van der Waals surface area contributed by atoms with Crippen LogP contribution in [0.2, 0.25) is 0 Å². The van der Waals surface area contributed by atoms with Crippen molar-refractivity contribution in [3.63, 3.8) is 0 Å².